The van der Waals surface area contributed by atoms with Crippen LogP contribution in [0.25, 0.3) is 16.9 Å². The molecule has 2 heterocycles. The number of amides is 3. The predicted molar refractivity (Wildman–Crippen MR) is 149 cm³/mol. The third kappa shape index (κ3) is 5.29. The molecule has 0 bridgehead atoms. The number of aromatic nitrogens is 1. The molecule has 0 aliphatic carbocycles. The highest BCUT2D eigenvalue weighted by Crippen LogP contribution is 2.31. The number of halogens is 2. The van der Waals surface area contributed by atoms with E-state index in [1.807, 2.05) is 66.9 Å². The maximum atomic E-state index is 14.1. The largest absolute Gasteiger partial charge is 0.335 e. The first-order valence-electron chi connectivity index (χ1n) is 12.5. The fourth-order valence-electron chi connectivity index (χ4n) is 4.73. The van der Waals surface area contributed by atoms with Crippen LogP contribution in [0.15, 0.2) is 78.9 Å². The Balaban J connectivity index is 1.37. The van der Waals surface area contributed by atoms with Gasteiger partial charge < -0.3 is 19.7 Å². The smallest absolute Gasteiger partial charge is 0.321 e. The first-order valence-corrected chi connectivity index (χ1v) is 12.8. The van der Waals surface area contributed by atoms with E-state index in [0.717, 1.165) is 22.5 Å². The average Bonchev–Trinajstić information content (AvgIpc) is 3.27. The van der Waals surface area contributed by atoms with Crippen molar-refractivity contribution in [1.82, 2.24) is 14.4 Å². The number of rotatable bonds is 4. The Bertz CT molecular complexity index is 1470. The van der Waals surface area contributed by atoms with Crippen LogP contribution in [0.1, 0.15) is 21.6 Å². The molecule has 5 rings (SSSR count). The van der Waals surface area contributed by atoms with E-state index in [4.69, 9.17) is 11.6 Å². The van der Waals surface area contributed by atoms with Crippen LogP contribution in [-0.4, -0.2) is 52.5 Å². The summed E-state index contributed by atoms with van der Waals surface area (Å²) in [6, 6.07) is 23.0. The fourth-order valence-corrected chi connectivity index (χ4v) is 4.85. The average molecular weight is 531 g/mol. The second-order valence-corrected chi connectivity index (χ2v) is 9.86. The second-order valence-electron chi connectivity index (χ2n) is 9.43. The lowest BCUT2D eigenvalue weighted by atomic mass is 10.1. The molecule has 3 amide bonds. The molecule has 8 heteroatoms. The van der Waals surface area contributed by atoms with E-state index < -0.39 is 0 Å². The van der Waals surface area contributed by atoms with Crippen LogP contribution >= 0.6 is 11.6 Å². The summed E-state index contributed by atoms with van der Waals surface area (Å²) in [5.74, 6) is -0.475. The van der Waals surface area contributed by atoms with Crippen LogP contribution in [0.2, 0.25) is 5.02 Å². The molecule has 3 aromatic carbocycles. The van der Waals surface area contributed by atoms with Gasteiger partial charge in [-0.2, -0.15) is 0 Å². The van der Waals surface area contributed by atoms with Crippen molar-refractivity contribution in [3.63, 3.8) is 0 Å². The molecule has 0 spiro atoms. The van der Waals surface area contributed by atoms with Crippen LogP contribution in [0.3, 0.4) is 0 Å². The van der Waals surface area contributed by atoms with Gasteiger partial charge in [-0.1, -0.05) is 47.5 Å². The molecule has 1 aliphatic rings. The molecule has 0 saturated carbocycles. The minimum absolute atomic E-state index is 0.119. The van der Waals surface area contributed by atoms with E-state index in [1.54, 1.807) is 28.0 Å². The molecule has 0 atom stereocenters. The van der Waals surface area contributed by atoms with Gasteiger partial charge in [0.15, 0.2) is 0 Å². The number of aryl methyl sites for hydroxylation is 1. The van der Waals surface area contributed by atoms with Crippen molar-refractivity contribution in [3.05, 3.63) is 107 Å². The number of piperazine rings is 1. The quantitative estimate of drug-likeness (QED) is 0.325. The summed E-state index contributed by atoms with van der Waals surface area (Å²) >= 11 is 6.10. The lowest BCUT2D eigenvalue weighted by molar-refractivity contribution is 0.0671. The van der Waals surface area contributed by atoms with Gasteiger partial charge in [0.2, 0.25) is 0 Å². The standard InChI is InChI=1S/C30H28ClFN4O2/c1-20-6-12-25(13-7-20)33-30(38)35-16-14-34(15-17-35)29(37)27-19-28(22-8-10-23(31)11-9-22)36(21(27)2)26-5-3-4-24(32)18-26/h3-13,18-19H,14-17H2,1-2H3,(H,33,38). The lowest BCUT2D eigenvalue weighted by Crippen LogP contribution is -2.51. The van der Waals surface area contributed by atoms with Crippen molar-refractivity contribution >= 4 is 29.2 Å². The molecule has 1 aliphatic heterocycles. The van der Waals surface area contributed by atoms with Crippen molar-refractivity contribution in [2.45, 2.75) is 13.8 Å². The third-order valence-corrected chi connectivity index (χ3v) is 7.09. The van der Waals surface area contributed by atoms with Gasteiger partial charge in [0.1, 0.15) is 5.82 Å². The Hall–Kier alpha value is -4.10. The Morgan fingerprint density at radius 1 is 0.842 bits per heavy atom. The monoisotopic (exact) mass is 530 g/mol. The maximum absolute atomic E-state index is 14.1. The SMILES string of the molecule is Cc1ccc(NC(=O)N2CCN(C(=O)c3cc(-c4ccc(Cl)cc4)n(-c4cccc(F)c4)c3C)CC2)cc1. The molecule has 38 heavy (non-hydrogen) atoms. The molecule has 1 fully saturated rings. The maximum Gasteiger partial charge on any atom is 0.321 e. The first-order chi connectivity index (χ1) is 18.3. The molecule has 4 aromatic rings. The van der Waals surface area contributed by atoms with Crippen LogP contribution < -0.4 is 5.32 Å². The summed E-state index contributed by atoms with van der Waals surface area (Å²) in [5.41, 5.74) is 5.37. The number of carbonyl (C=O) groups is 2. The number of nitrogens with one attached hydrogen (secondary N) is 1. The molecule has 1 aromatic heterocycles. The van der Waals surface area contributed by atoms with Gasteiger partial charge in [-0.25, -0.2) is 9.18 Å². The zero-order chi connectivity index (χ0) is 26.8. The highest BCUT2D eigenvalue weighted by Gasteiger charge is 2.28. The topological polar surface area (TPSA) is 57.6 Å². The number of anilines is 1. The van der Waals surface area contributed by atoms with E-state index in [1.165, 1.54) is 12.1 Å². The minimum Gasteiger partial charge on any atom is -0.335 e. The fraction of sp³-hybridized carbons (Fsp3) is 0.200. The van der Waals surface area contributed by atoms with Gasteiger partial charge in [0, 0.05) is 48.3 Å². The summed E-state index contributed by atoms with van der Waals surface area (Å²) in [6.07, 6.45) is 0. The van der Waals surface area contributed by atoms with Crippen LogP contribution in [-0.2, 0) is 0 Å². The van der Waals surface area contributed by atoms with Gasteiger partial charge in [0.05, 0.1) is 11.3 Å². The van der Waals surface area contributed by atoms with Crippen molar-refractivity contribution < 1.29 is 14.0 Å². The van der Waals surface area contributed by atoms with Crippen molar-refractivity contribution in [3.8, 4) is 16.9 Å². The number of hydrogen-bond acceptors (Lipinski definition) is 2. The van der Waals surface area contributed by atoms with E-state index in [9.17, 15) is 14.0 Å². The van der Waals surface area contributed by atoms with E-state index in [0.29, 0.717) is 48.1 Å². The van der Waals surface area contributed by atoms with E-state index in [2.05, 4.69) is 5.32 Å². The number of carbonyl (C=O) groups excluding carboxylic acids is 2. The molecule has 1 saturated heterocycles. The molecule has 194 valence electrons. The zero-order valence-electron chi connectivity index (χ0n) is 21.2. The highest BCUT2D eigenvalue weighted by molar-refractivity contribution is 6.30. The highest BCUT2D eigenvalue weighted by atomic mass is 35.5. The second kappa shape index (κ2) is 10.7. The predicted octanol–water partition coefficient (Wildman–Crippen LogP) is 6.54. The van der Waals surface area contributed by atoms with Gasteiger partial charge in [-0.3, -0.25) is 4.79 Å². The van der Waals surface area contributed by atoms with Crippen LogP contribution in [0.5, 0.6) is 0 Å². The van der Waals surface area contributed by atoms with Gasteiger partial charge in [-0.15, -0.1) is 0 Å². The Morgan fingerprint density at radius 3 is 2.16 bits per heavy atom. The Morgan fingerprint density at radius 2 is 1.50 bits per heavy atom. The molecule has 0 unspecified atom stereocenters. The summed E-state index contributed by atoms with van der Waals surface area (Å²) in [4.78, 5) is 29.9. The van der Waals surface area contributed by atoms with Crippen LogP contribution in [0, 0.1) is 19.7 Å². The Labute approximate surface area is 226 Å². The summed E-state index contributed by atoms with van der Waals surface area (Å²) in [7, 11) is 0. The van der Waals surface area contributed by atoms with Gasteiger partial charge >= 0.3 is 6.03 Å². The molecule has 1 N–H and O–H groups in total. The van der Waals surface area contributed by atoms with E-state index in [-0.39, 0.29) is 17.8 Å². The zero-order valence-corrected chi connectivity index (χ0v) is 22.0. The first kappa shape index (κ1) is 25.5. The van der Waals surface area contributed by atoms with Gasteiger partial charge in [0.25, 0.3) is 5.91 Å². The van der Waals surface area contributed by atoms with Crippen molar-refractivity contribution in [1.29, 1.82) is 0 Å². The van der Waals surface area contributed by atoms with Crippen molar-refractivity contribution in [2.75, 3.05) is 31.5 Å². The third-order valence-electron chi connectivity index (χ3n) is 6.84. The molecular weight excluding hydrogens is 503 g/mol. The van der Waals surface area contributed by atoms with Crippen molar-refractivity contribution in [2.24, 2.45) is 0 Å². The number of benzene rings is 3. The summed E-state index contributed by atoms with van der Waals surface area (Å²) in [6.45, 7) is 5.55. The molecule has 0 radical (unpaired) electrons. The Kier molecular flexibility index (Phi) is 7.20. The molecule has 6 nitrogen and oxygen atoms in total. The van der Waals surface area contributed by atoms with Gasteiger partial charge in [-0.05, 0) is 67.9 Å². The number of nitrogens with zero attached hydrogens (tertiary/aromatic N) is 3. The normalized spacial score (nSPS) is 13.5. The summed E-state index contributed by atoms with van der Waals surface area (Å²) < 4.78 is 16.0. The lowest BCUT2D eigenvalue weighted by Gasteiger charge is -2.34. The number of urea groups is 1. The van der Waals surface area contributed by atoms with E-state index >= 15 is 0 Å². The molecular formula is C30H28ClFN4O2. The van der Waals surface area contributed by atoms with Crippen LogP contribution in [0.4, 0.5) is 14.9 Å². The minimum atomic E-state index is -0.356. The number of hydrogen-bond donors (Lipinski definition) is 1. The summed E-state index contributed by atoms with van der Waals surface area (Å²) in [5, 5.41) is 3.53.